The number of rotatable bonds is 4. The molecule has 0 aliphatic rings. The van der Waals surface area contributed by atoms with Gasteiger partial charge in [0.2, 0.25) is 0 Å². The zero-order chi connectivity index (χ0) is 22.0. The van der Waals surface area contributed by atoms with Gasteiger partial charge in [-0.3, -0.25) is 9.78 Å². The molecule has 0 saturated carbocycles. The molecule has 2 aromatic carbocycles. The Kier molecular flexibility index (Phi) is 5.48. The number of halogens is 4. The Morgan fingerprint density at radius 2 is 1.74 bits per heavy atom. The minimum atomic E-state index is -4.64. The molecule has 2 aromatic heterocycles. The summed E-state index contributed by atoms with van der Waals surface area (Å²) in [4.78, 5) is 21.1. The summed E-state index contributed by atoms with van der Waals surface area (Å²) in [6.45, 7) is 0. The summed E-state index contributed by atoms with van der Waals surface area (Å²) in [5.41, 5.74) is -0.217. The Balaban J connectivity index is 1.60. The molecule has 9 heteroatoms. The zero-order valence-electron chi connectivity index (χ0n) is 15.7. The van der Waals surface area contributed by atoms with E-state index in [0.29, 0.717) is 5.69 Å². The monoisotopic (exact) mass is 442 g/mol. The molecule has 0 bridgehead atoms. The van der Waals surface area contributed by atoms with Gasteiger partial charge in [0.25, 0.3) is 5.91 Å². The Bertz CT molecular complexity index is 1280. The molecule has 0 spiro atoms. The highest BCUT2D eigenvalue weighted by Gasteiger charge is 2.33. The van der Waals surface area contributed by atoms with Crippen LogP contribution in [0.5, 0.6) is 0 Å². The first-order valence-electron chi connectivity index (χ1n) is 9.05. The quantitative estimate of drug-likeness (QED) is 0.389. The predicted molar refractivity (Wildman–Crippen MR) is 114 cm³/mol. The second-order valence-electron chi connectivity index (χ2n) is 6.61. The fraction of sp³-hybridized carbons (Fsp3) is 0.0455. The van der Waals surface area contributed by atoms with Crippen molar-refractivity contribution in [1.29, 1.82) is 0 Å². The molecule has 2 N–H and O–H groups in total. The van der Waals surface area contributed by atoms with Gasteiger partial charge in [-0.2, -0.15) is 13.2 Å². The number of pyridine rings is 2. The number of carbonyl (C=O) groups is 1. The van der Waals surface area contributed by atoms with Gasteiger partial charge in [-0.1, -0.05) is 17.7 Å². The predicted octanol–water partition coefficient (Wildman–Crippen LogP) is 6.30. The standard InChI is InChI=1S/C22H14ClF3N4O/c23-19-6-5-16(11-18(19)22(24,25)26)30-21(31)17-2-1-8-28-20(17)29-15-4-3-13-7-9-27-12-14(13)10-15/h1-12H,(H,28,29)(H,30,31). The fourth-order valence-corrected chi connectivity index (χ4v) is 3.23. The molecule has 0 fully saturated rings. The summed E-state index contributed by atoms with van der Waals surface area (Å²) in [6, 6.07) is 13.7. The van der Waals surface area contributed by atoms with Crippen LogP contribution in [0.15, 0.2) is 73.2 Å². The number of anilines is 3. The van der Waals surface area contributed by atoms with Crippen LogP contribution in [0.2, 0.25) is 5.02 Å². The van der Waals surface area contributed by atoms with Gasteiger partial charge >= 0.3 is 6.18 Å². The number of alkyl halides is 3. The van der Waals surface area contributed by atoms with E-state index in [0.717, 1.165) is 22.9 Å². The minimum absolute atomic E-state index is 0.0340. The first-order chi connectivity index (χ1) is 14.8. The lowest BCUT2D eigenvalue weighted by atomic mass is 10.1. The second kappa shape index (κ2) is 8.23. The van der Waals surface area contributed by atoms with Crippen LogP contribution in [0.4, 0.5) is 30.4 Å². The maximum atomic E-state index is 13.1. The topological polar surface area (TPSA) is 66.9 Å². The number of benzene rings is 2. The van der Waals surface area contributed by atoms with E-state index in [1.807, 2.05) is 24.3 Å². The summed E-state index contributed by atoms with van der Waals surface area (Å²) < 4.78 is 39.3. The lowest BCUT2D eigenvalue weighted by Crippen LogP contribution is -2.15. The zero-order valence-corrected chi connectivity index (χ0v) is 16.5. The van der Waals surface area contributed by atoms with E-state index >= 15 is 0 Å². The Hall–Kier alpha value is -3.65. The molecule has 0 saturated heterocycles. The third-order valence-corrected chi connectivity index (χ3v) is 4.81. The SMILES string of the molecule is O=C(Nc1ccc(Cl)c(C(F)(F)F)c1)c1cccnc1Nc1ccc2ccncc2c1. The van der Waals surface area contributed by atoms with Crippen LogP contribution in [0.3, 0.4) is 0 Å². The molecule has 31 heavy (non-hydrogen) atoms. The van der Waals surface area contributed by atoms with Gasteiger partial charge in [-0.25, -0.2) is 4.98 Å². The average Bonchev–Trinajstić information content (AvgIpc) is 2.74. The van der Waals surface area contributed by atoms with Crippen molar-refractivity contribution >= 4 is 45.5 Å². The first kappa shape index (κ1) is 20.6. The van der Waals surface area contributed by atoms with Crippen LogP contribution >= 0.6 is 11.6 Å². The average molecular weight is 443 g/mol. The smallest absolute Gasteiger partial charge is 0.340 e. The number of carbonyl (C=O) groups excluding carboxylic acids is 1. The number of nitrogens with one attached hydrogen (secondary N) is 2. The van der Waals surface area contributed by atoms with Crippen molar-refractivity contribution in [2.75, 3.05) is 10.6 Å². The van der Waals surface area contributed by atoms with E-state index in [-0.39, 0.29) is 17.1 Å². The van der Waals surface area contributed by atoms with Crippen LogP contribution in [0.1, 0.15) is 15.9 Å². The van der Waals surface area contributed by atoms with E-state index in [4.69, 9.17) is 11.6 Å². The lowest BCUT2D eigenvalue weighted by molar-refractivity contribution is -0.137. The van der Waals surface area contributed by atoms with Crippen molar-refractivity contribution in [3.8, 4) is 0 Å². The van der Waals surface area contributed by atoms with Gasteiger partial charge in [-0.15, -0.1) is 0 Å². The maximum absolute atomic E-state index is 13.1. The molecule has 2 heterocycles. The number of nitrogens with zero attached hydrogens (tertiary/aromatic N) is 2. The number of hydrogen-bond acceptors (Lipinski definition) is 4. The van der Waals surface area contributed by atoms with Crippen molar-refractivity contribution in [3.05, 3.63) is 89.3 Å². The molecule has 156 valence electrons. The molecule has 4 aromatic rings. The van der Waals surface area contributed by atoms with Crippen molar-refractivity contribution in [1.82, 2.24) is 9.97 Å². The number of amides is 1. The van der Waals surface area contributed by atoms with Crippen LogP contribution in [-0.4, -0.2) is 15.9 Å². The van der Waals surface area contributed by atoms with Crippen LogP contribution in [0, 0.1) is 0 Å². The first-order valence-corrected chi connectivity index (χ1v) is 9.43. The van der Waals surface area contributed by atoms with Crippen molar-refractivity contribution in [3.63, 3.8) is 0 Å². The van der Waals surface area contributed by atoms with Gasteiger partial charge in [0.05, 0.1) is 16.1 Å². The lowest BCUT2D eigenvalue weighted by Gasteiger charge is -2.14. The summed E-state index contributed by atoms with van der Waals surface area (Å²) in [7, 11) is 0. The third-order valence-electron chi connectivity index (χ3n) is 4.49. The Morgan fingerprint density at radius 3 is 2.55 bits per heavy atom. The number of aromatic nitrogens is 2. The highest BCUT2D eigenvalue weighted by molar-refractivity contribution is 6.31. The molecular formula is C22H14ClF3N4O. The molecule has 0 atom stereocenters. The van der Waals surface area contributed by atoms with Crippen molar-refractivity contribution in [2.45, 2.75) is 6.18 Å². The van der Waals surface area contributed by atoms with E-state index in [1.165, 1.54) is 18.3 Å². The number of fused-ring (bicyclic) bond motifs is 1. The minimum Gasteiger partial charge on any atom is -0.340 e. The number of hydrogen-bond donors (Lipinski definition) is 2. The van der Waals surface area contributed by atoms with Crippen LogP contribution < -0.4 is 10.6 Å². The van der Waals surface area contributed by atoms with Crippen LogP contribution in [0.25, 0.3) is 10.8 Å². The van der Waals surface area contributed by atoms with E-state index in [2.05, 4.69) is 20.6 Å². The van der Waals surface area contributed by atoms with Gasteiger partial charge in [0.1, 0.15) is 5.82 Å². The van der Waals surface area contributed by atoms with Gasteiger partial charge in [0, 0.05) is 35.4 Å². The van der Waals surface area contributed by atoms with Crippen molar-refractivity contribution < 1.29 is 18.0 Å². The van der Waals surface area contributed by atoms with Gasteiger partial charge < -0.3 is 10.6 Å². The molecule has 0 aliphatic heterocycles. The normalized spacial score (nSPS) is 11.4. The van der Waals surface area contributed by atoms with E-state index in [1.54, 1.807) is 18.5 Å². The second-order valence-corrected chi connectivity index (χ2v) is 7.02. The van der Waals surface area contributed by atoms with Gasteiger partial charge in [0.15, 0.2) is 0 Å². The fourth-order valence-electron chi connectivity index (χ4n) is 3.01. The van der Waals surface area contributed by atoms with Gasteiger partial charge in [-0.05, 0) is 53.9 Å². The van der Waals surface area contributed by atoms with E-state index < -0.39 is 22.7 Å². The highest BCUT2D eigenvalue weighted by atomic mass is 35.5. The molecule has 5 nitrogen and oxygen atoms in total. The molecule has 0 radical (unpaired) electrons. The Labute approximate surface area is 179 Å². The Morgan fingerprint density at radius 1 is 0.935 bits per heavy atom. The largest absolute Gasteiger partial charge is 0.417 e. The summed E-state index contributed by atoms with van der Waals surface area (Å²) in [5, 5.41) is 7.00. The molecule has 0 aliphatic carbocycles. The molecule has 0 unspecified atom stereocenters. The summed E-state index contributed by atoms with van der Waals surface area (Å²) in [5.74, 6) is -0.359. The summed E-state index contributed by atoms with van der Waals surface area (Å²) >= 11 is 5.63. The van der Waals surface area contributed by atoms with Crippen molar-refractivity contribution in [2.24, 2.45) is 0 Å². The highest BCUT2D eigenvalue weighted by Crippen LogP contribution is 2.36. The van der Waals surface area contributed by atoms with Crippen LogP contribution in [-0.2, 0) is 6.18 Å². The molecule has 1 amide bonds. The third kappa shape index (κ3) is 4.59. The molecule has 4 rings (SSSR count). The molecular weight excluding hydrogens is 429 g/mol. The summed E-state index contributed by atoms with van der Waals surface area (Å²) in [6.07, 6.45) is 0.276. The maximum Gasteiger partial charge on any atom is 0.417 e. The van der Waals surface area contributed by atoms with E-state index in [9.17, 15) is 18.0 Å².